The van der Waals surface area contributed by atoms with E-state index in [9.17, 15) is 9.59 Å². The first-order chi connectivity index (χ1) is 17.0. The van der Waals surface area contributed by atoms with Crippen LogP contribution >= 0.6 is 0 Å². The van der Waals surface area contributed by atoms with Crippen molar-refractivity contribution in [1.82, 2.24) is 10.6 Å². The van der Waals surface area contributed by atoms with Gasteiger partial charge in [-0.15, -0.1) is 0 Å². The second-order valence-electron chi connectivity index (χ2n) is 11.8. The maximum Gasteiger partial charge on any atom is 0.305 e. The predicted octanol–water partition coefficient (Wildman–Crippen LogP) is 4.12. The molecule has 0 radical (unpaired) electrons. The fourth-order valence-electron chi connectivity index (χ4n) is 6.00. The lowest BCUT2D eigenvalue weighted by atomic mass is 9.68. The van der Waals surface area contributed by atoms with Crippen molar-refractivity contribution in [2.24, 2.45) is 34.5 Å². The van der Waals surface area contributed by atoms with Crippen molar-refractivity contribution in [2.75, 3.05) is 39.5 Å². The Labute approximate surface area is 218 Å². The summed E-state index contributed by atoms with van der Waals surface area (Å²) in [5.74, 6) is 0.674. The lowest BCUT2D eigenvalue weighted by molar-refractivity contribution is -0.162. The number of nitrogens with one attached hydrogen (secondary N) is 2. The monoisotopic (exact) mass is 512 g/mol. The molecule has 2 aliphatic rings. The van der Waals surface area contributed by atoms with E-state index in [4.69, 9.17) is 18.9 Å². The van der Waals surface area contributed by atoms with Crippen LogP contribution in [0, 0.1) is 34.5 Å². The first-order valence-electron chi connectivity index (χ1n) is 14.0. The summed E-state index contributed by atoms with van der Waals surface area (Å²) in [6, 6.07) is 0. The zero-order chi connectivity index (χ0) is 26.9. The van der Waals surface area contributed by atoms with Gasteiger partial charge < -0.3 is 18.9 Å². The van der Waals surface area contributed by atoms with Gasteiger partial charge in [-0.1, -0.05) is 55.4 Å². The molecular formula is C28H52N2O6. The summed E-state index contributed by atoms with van der Waals surface area (Å²) in [4.78, 5) is 25.1. The first kappa shape index (κ1) is 31.0. The van der Waals surface area contributed by atoms with Crippen LogP contribution in [0.3, 0.4) is 0 Å². The Bertz CT molecular complexity index is 608. The summed E-state index contributed by atoms with van der Waals surface area (Å²) in [6.07, 6.45) is 1.54. The topological polar surface area (TPSA) is 95.1 Å². The highest BCUT2D eigenvalue weighted by atomic mass is 16.5. The second kappa shape index (κ2) is 14.1. The van der Waals surface area contributed by atoms with Crippen molar-refractivity contribution in [3.05, 3.63) is 0 Å². The average Bonchev–Trinajstić information content (AvgIpc) is 3.52. The minimum atomic E-state index is -0.285. The Kier molecular flexibility index (Phi) is 12.1. The van der Waals surface area contributed by atoms with E-state index >= 15 is 0 Å². The molecule has 8 heteroatoms. The van der Waals surface area contributed by atoms with Crippen molar-refractivity contribution >= 4 is 11.9 Å². The number of hydrogen-bond donors (Lipinski definition) is 2. The molecule has 2 atom stereocenters. The summed E-state index contributed by atoms with van der Waals surface area (Å²) >= 11 is 0. The Hall–Kier alpha value is -1.22. The van der Waals surface area contributed by atoms with Crippen LogP contribution in [0.1, 0.15) is 81.1 Å². The quantitative estimate of drug-likeness (QED) is 0.250. The van der Waals surface area contributed by atoms with Gasteiger partial charge in [0.2, 0.25) is 0 Å². The summed E-state index contributed by atoms with van der Waals surface area (Å²) in [5.41, 5.74) is -0.569. The first-order valence-corrected chi connectivity index (χ1v) is 14.0. The van der Waals surface area contributed by atoms with Gasteiger partial charge in [0.1, 0.15) is 25.7 Å². The van der Waals surface area contributed by atoms with Gasteiger partial charge in [0.15, 0.2) is 0 Å². The number of carbonyl (C=O) groups excluding carboxylic acids is 2. The number of hydrogen-bond acceptors (Lipinski definition) is 8. The zero-order valence-electron chi connectivity index (χ0n) is 24.0. The Morgan fingerprint density at radius 1 is 0.694 bits per heavy atom. The van der Waals surface area contributed by atoms with Crippen LogP contribution in [0.2, 0.25) is 0 Å². The van der Waals surface area contributed by atoms with Gasteiger partial charge in [-0.25, -0.2) is 0 Å². The van der Waals surface area contributed by atoms with Crippen LogP contribution in [0.5, 0.6) is 0 Å². The van der Waals surface area contributed by atoms with E-state index in [0.717, 1.165) is 13.1 Å². The number of ether oxygens (including phenoxy) is 4. The largest absolute Gasteiger partial charge is 0.465 e. The number of carbonyl (C=O) groups is 2. The molecule has 0 bridgehead atoms. The van der Waals surface area contributed by atoms with Gasteiger partial charge in [-0.2, -0.15) is 0 Å². The maximum absolute atomic E-state index is 12.5. The molecule has 36 heavy (non-hydrogen) atoms. The van der Waals surface area contributed by atoms with E-state index in [-0.39, 0.29) is 58.9 Å². The van der Waals surface area contributed by atoms with Crippen molar-refractivity contribution in [2.45, 2.75) is 93.5 Å². The third-order valence-electron chi connectivity index (χ3n) is 8.69. The van der Waals surface area contributed by atoms with Crippen LogP contribution < -0.4 is 10.6 Å². The standard InChI is InChI=1S/C28H52N2O6/c1-19(2)27(20(3)4,25-29-13-15-33-25)17-35-23(31)11-9-10-12-24(32)36-18-28(21(5)6,22(7)8)26-30-14-16-34-26/h19-22,25-26,29-30H,9-18H2,1-8H3. The summed E-state index contributed by atoms with van der Waals surface area (Å²) in [5, 5.41) is 6.85. The number of esters is 2. The minimum absolute atomic E-state index is 0.117. The van der Waals surface area contributed by atoms with Crippen LogP contribution in [-0.4, -0.2) is 63.9 Å². The molecule has 0 amide bonds. The molecule has 0 aliphatic carbocycles. The van der Waals surface area contributed by atoms with Gasteiger partial charge in [-0.05, 0) is 36.5 Å². The van der Waals surface area contributed by atoms with Crippen LogP contribution in [-0.2, 0) is 28.5 Å². The molecule has 2 rings (SSSR count). The average molecular weight is 513 g/mol. The van der Waals surface area contributed by atoms with E-state index < -0.39 is 0 Å². The van der Waals surface area contributed by atoms with Crippen molar-refractivity contribution in [1.29, 1.82) is 0 Å². The third-order valence-corrected chi connectivity index (χ3v) is 8.69. The highest BCUT2D eigenvalue weighted by Crippen LogP contribution is 2.42. The van der Waals surface area contributed by atoms with Gasteiger partial charge in [0.05, 0.1) is 13.2 Å². The smallest absolute Gasteiger partial charge is 0.305 e. The van der Waals surface area contributed by atoms with E-state index in [1.807, 2.05) is 0 Å². The Morgan fingerprint density at radius 2 is 1.03 bits per heavy atom. The van der Waals surface area contributed by atoms with E-state index in [2.05, 4.69) is 66.0 Å². The normalized spacial score (nSPS) is 21.2. The Morgan fingerprint density at radius 3 is 1.28 bits per heavy atom. The molecule has 2 N–H and O–H groups in total. The van der Waals surface area contributed by atoms with Crippen molar-refractivity contribution in [3.63, 3.8) is 0 Å². The van der Waals surface area contributed by atoms with Crippen molar-refractivity contribution in [3.8, 4) is 0 Å². The van der Waals surface area contributed by atoms with E-state index in [0.29, 0.717) is 52.1 Å². The van der Waals surface area contributed by atoms with Crippen molar-refractivity contribution < 1.29 is 28.5 Å². The molecule has 8 nitrogen and oxygen atoms in total. The molecule has 210 valence electrons. The predicted molar refractivity (Wildman–Crippen MR) is 140 cm³/mol. The Balaban J connectivity index is 1.78. The fourth-order valence-corrected chi connectivity index (χ4v) is 6.00. The summed E-state index contributed by atoms with van der Waals surface area (Å²) < 4.78 is 23.4. The summed E-state index contributed by atoms with van der Waals surface area (Å²) in [7, 11) is 0. The van der Waals surface area contributed by atoms with Gasteiger partial charge >= 0.3 is 11.9 Å². The van der Waals surface area contributed by atoms with E-state index in [1.54, 1.807) is 0 Å². The minimum Gasteiger partial charge on any atom is -0.465 e. The molecule has 0 aromatic heterocycles. The molecular weight excluding hydrogens is 460 g/mol. The molecule has 2 aliphatic heterocycles. The molecule has 2 fully saturated rings. The van der Waals surface area contributed by atoms with Crippen LogP contribution in [0.25, 0.3) is 0 Å². The molecule has 0 aromatic rings. The second-order valence-corrected chi connectivity index (χ2v) is 11.8. The third kappa shape index (κ3) is 7.21. The summed E-state index contributed by atoms with van der Waals surface area (Å²) in [6.45, 7) is 20.9. The van der Waals surface area contributed by atoms with Crippen LogP contribution in [0.15, 0.2) is 0 Å². The number of unbranched alkanes of at least 4 members (excludes halogenated alkanes) is 1. The van der Waals surface area contributed by atoms with Crippen LogP contribution in [0.4, 0.5) is 0 Å². The molecule has 0 saturated carbocycles. The lowest BCUT2D eigenvalue weighted by Gasteiger charge is -2.44. The maximum atomic E-state index is 12.5. The zero-order valence-corrected chi connectivity index (χ0v) is 24.0. The molecule has 0 aromatic carbocycles. The lowest BCUT2D eigenvalue weighted by Crippen LogP contribution is -2.53. The SMILES string of the molecule is CC(C)C(COC(=O)CCCCC(=O)OCC(C(C)C)(C(C)C)C1NCCO1)(C(C)C)C1NCCO1. The highest BCUT2D eigenvalue weighted by Gasteiger charge is 2.48. The van der Waals surface area contributed by atoms with E-state index in [1.165, 1.54) is 0 Å². The fraction of sp³-hybridized carbons (Fsp3) is 0.929. The van der Waals surface area contributed by atoms with Gasteiger partial charge in [0, 0.05) is 36.8 Å². The molecule has 0 spiro atoms. The number of rotatable bonds is 15. The molecule has 2 unspecified atom stereocenters. The highest BCUT2D eigenvalue weighted by molar-refractivity contribution is 5.70. The van der Waals surface area contributed by atoms with Gasteiger partial charge in [0.25, 0.3) is 0 Å². The van der Waals surface area contributed by atoms with Gasteiger partial charge in [-0.3, -0.25) is 20.2 Å². The molecule has 2 saturated heterocycles. The molecule has 2 heterocycles.